The lowest BCUT2D eigenvalue weighted by atomic mass is 9.89. The Balaban J connectivity index is 2.40. The zero-order chi connectivity index (χ0) is 15.3. The number of carbonyl (C=O) groups excluding carboxylic acids is 1. The molecule has 0 bridgehead atoms. The topological polar surface area (TPSA) is 61.4 Å². The van der Waals surface area contributed by atoms with Gasteiger partial charge in [0, 0.05) is 13.1 Å². The zero-order valence-corrected chi connectivity index (χ0v) is 13.1. The van der Waals surface area contributed by atoms with Crippen LogP contribution in [0.4, 0.5) is 4.79 Å². The van der Waals surface area contributed by atoms with E-state index < -0.39 is 6.10 Å². The summed E-state index contributed by atoms with van der Waals surface area (Å²) in [5.41, 5.74) is 3.24. The second-order valence-electron chi connectivity index (χ2n) is 6.38. The van der Waals surface area contributed by atoms with Gasteiger partial charge < -0.3 is 15.7 Å². The molecule has 1 aromatic rings. The lowest BCUT2D eigenvalue weighted by Crippen LogP contribution is -2.43. The lowest BCUT2D eigenvalue weighted by Gasteiger charge is -2.25. The van der Waals surface area contributed by atoms with Crippen LogP contribution in [-0.2, 0) is 6.54 Å². The molecule has 4 heteroatoms. The average molecular weight is 278 g/mol. The summed E-state index contributed by atoms with van der Waals surface area (Å²) in [7, 11) is 0. The highest BCUT2D eigenvalue weighted by Crippen LogP contribution is 2.18. The van der Waals surface area contributed by atoms with Crippen molar-refractivity contribution in [3.63, 3.8) is 0 Å². The van der Waals surface area contributed by atoms with Gasteiger partial charge in [0.1, 0.15) is 0 Å². The van der Waals surface area contributed by atoms with Crippen molar-refractivity contribution in [1.82, 2.24) is 10.6 Å². The van der Waals surface area contributed by atoms with Gasteiger partial charge in [0.25, 0.3) is 0 Å². The van der Waals surface area contributed by atoms with Gasteiger partial charge in [-0.3, -0.25) is 0 Å². The molecule has 0 radical (unpaired) electrons. The van der Waals surface area contributed by atoms with Crippen LogP contribution in [0.5, 0.6) is 0 Å². The zero-order valence-electron chi connectivity index (χ0n) is 13.1. The molecule has 20 heavy (non-hydrogen) atoms. The van der Waals surface area contributed by atoms with Gasteiger partial charge in [0.2, 0.25) is 0 Å². The van der Waals surface area contributed by atoms with Crippen molar-refractivity contribution in [1.29, 1.82) is 0 Å². The van der Waals surface area contributed by atoms with Crippen LogP contribution in [0, 0.1) is 19.3 Å². The largest absolute Gasteiger partial charge is 0.391 e. The maximum absolute atomic E-state index is 11.7. The maximum Gasteiger partial charge on any atom is 0.315 e. The first-order chi connectivity index (χ1) is 9.20. The van der Waals surface area contributed by atoms with Crippen LogP contribution in [-0.4, -0.2) is 23.8 Å². The Morgan fingerprint density at radius 1 is 1.25 bits per heavy atom. The number of benzene rings is 1. The molecule has 1 atom stereocenters. The Hall–Kier alpha value is -1.55. The summed E-state index contributed by atoms with van der Waals surface area (Å²) in [6.45, 7) is 10.6. The van der Waals surface area contributed by atoms with Crippen molar-refractivity contribution in [2.45, 2.75) is 47.3 Å². The highest BCUT2D eigenvalue weighted by Gasteiger charge is 2.22. The Morgan fingerprint density at radius 3 is 2.45 bits per heavy atom. The number of hydrogen-bond donors (Lipinski definition) is 3. The van der Waals surface area contributed by atoms with Crippen LogP contribution in [0.1, 0.15) is 37.5 Å². The highest BCUT2D eigenvalue weighted by atomic mass is 16.3. The van der Waals surface area contributed by atoms with E-state index in [1.807, 2.05) is 46.8 Å². The molecular formula is C16H26N2O2. The fourth-order valence-corrected chi connectivity index (χ4v) is 1.78. The number of hydrogen-bond acceptors (Lipinski definition) is 2. The number of aliphatic hydroxyl groups is 1. The van der Waals surface area contributed by atoms with Crippen LogP contribution < -0.4 is 10.6 Å². The molecule has 3 N–H and O–H groups in total. The van der Waals surface area contributed by atoms with Gasteiger partial charge in [-0.2, -0.15) is 0 Å². The van der Waals surface area contributed by atoms with E-state index in [9.17, 15) is 9.90 Å². The minimum Gasteiger partial charge on any atom is -0.391 e. The molecule has 0 saturated heterocycles. The van der Waals surface area contributed by atoms with Gasteiger partial charge in [0.15, 0.2) is 0 Å². The fourth-order valence-electron chi connectivity index (χ4n) is 1.78. The summed E-state index contributed by atoms with van der Waals surface area (Å²) in [6.07, 6.45) is -0.561. The first-order valence-corrected chi connectivity index (χ1v) is 6.96. The number of nitrogens with one attached hydrogen (secondary N) is 2. The quantitative estimate of drug-likeness (QED) is 0.792. The third kappa shape index (κ3) is 5.21. The van der Waals surface area contributed by atoms with Crippen molar-refractivity contribution < 1.29 is 9.90 Å². The predicted octanol–water partition coefficient (Wildman–Crippen LogP) is 2.51. The van der Waals surface area contributed by atoms with Crippen LogP contribution >= 0.6 is 0 Å². The van der Waals surface area contributed by atoms with Gasteiger partial charge in [0.05, 0.1) is 6.10 Å². The number of carbonyl (C=O) groups is 1. The SMILES string of the molecule is Cc1ccc(CNC(=O)NCC(O)C(C)(C)C)c(C)c1. The third-order valence-electron chi connectivity index (χ3n) is 3.39. The van der Waals surface area contributed by atoms with Crippen molar-refractivity contribution >= 4 is 6.03 Å². The molecule has 2 amide bonds. The van der Waals surface area contributed by atoms with Crippen LogP contribution in [0.15, 0.2) is 18.2 Å². The minimum absolute atomic E-state index is 0.235. The maximum atomic E-state index is 11.7. The number of amides is 2. The Morgan fingerprint density at radius 2 is 1.90 bits per heavy atom. The van der Waals surface area contributed by atoms with Crippen molar-refractivity contribution in [3.05, 3.63) is 34.9 Å². The van der Waals surface area contributed by atoms with E-state index in [2.05, 4.69) is 16.7 Å². The molecule has 0 aromatic heterocycles. The van der Waals surface area contributed by atoms with Gasteiger partial charge in [-0.05, 0) is 30.4 Å². The third-order valence-corrected chi connectivity index (χ3v) is 3.39. The molecular weight excluding hydrogens is 252 g/mol. The number of aliphatic hydroxyl groups excluding tert-OH is 1. The standard InChI is InChI=1S/C16H26N2O2/c1-11-6-7-13(12(2)8-11)9-17-15(20)18-10-14(19)16(3,4)5/h6-8,14,19H,9-10H2,1-5H3,(H2,17,18,20). The van der Waals surface area contributed by atoms with E-state index >= 15 is 0 Å². The fraction of sp³-hybridized carbons (Fsp3) is 0.562. The van der Waals surface area contributed by atoms with Gasteiger partial charge in [-0.25, -0.2) is 4.79 Å². The van der Waals surface area contributed by atoms with Gasteiger partial charge >= 0.3 is 6.03 Å². The van der Waals surface area contributed by atoms with Crippen molar-refractivity contribution in [2.75, 3.05) is 6.54 Å². The van der Waals surface area contributed by atoms with E-state index in [1.165, 1.54) is 11.1 Å². The summed E-state index contributed by atoms with van der Waals surface area (Å²) in [4.78, 5) is 11.7. The molecule has 0 saturated carbocycles. The van der Waals surface area contributed by atoms with E-state index in [4.69, 9.17) is 0 Å². The molecule has 0 aliphatic rings. The summed E-state index contributed by atoms with van der Waals surface area (Å²) in [5.74, 6) is 0. The predicted molar refractivity (Wildman–Crippen MR) is 81.6 cm³/mol. The molecule has 1 rings (SSSR count). The van der Waals surface area contributed by atoms with Crippen LogP contribution in [0.3, 0.4) is 0 Å². The molecule has 112 valence electrons. The molecule has 0 fully saturated rings. The molecule has 1 aromatic carbocycles. The Bertz CT molecular complexity index is 464. The minimum atomic E-state index is -0.561. The summed E-state index contributed by atoms with van der Waals surface area (Å²) >= 11 is 0. The van der Waals surface area contributed by atoms with E-state index in [1.54, 1.807) is 0 Å². The van der Waals surface area contributed by atoms with E-state index in [-0.39, 0.29) is 18.0 Å². The number of aryl methyl sites for hydroxylation is 2. The van der Waals surface area contributed by atoms with Crippen LogP contribution in [0.2, 0.25) is 0 Å². The Labute approximate surface area is 121 Å². The van der Waals surface area contributed by atoms with Gasteiger partial charge in [-0.15, -0.1) is 0 Å². The average Bonchev–Trinajstić information content (AvgIpc) is 2.33. The monoisotopic (exact) mass is 278 g/mol. The van der Waals surface area contributed by atoms with Crippen molar-refractivity contribution in [3.8, 4) is 0 Å². The molecule has 0 aliphatic carbocycles. The molecule has 0 heterocycles. The first kappa shape index (κ1) is 16.5. The summed E-state index contributed by atoms with van der Waals surface area (Å²) in [6, 6.07) is 5.90. The van der Waals surface area contributed by atoms with E-state index in [0.717, 1.165) is 5.56 Å². The van der Waals surface area contributed by atoms with E-state index in [0.29, 0.717) is 6.54 Å². The highest BCUT2D eigenvalue weighted by molar-refractivity contribution is 5.73. The summed E-state index contributed by atoms with van der Waals surface area (Å²) in [5, 5.41) is 15.3. The summed E-state index contributed by atoms with van der Waals surface area (Å²) < 4.78 is 0. The molecule has 4 nitrogen and oxygen atoms in total. The first-order valence-electron chi connectivity index (χ1n) is 6.96. The molecule has 0 spiro atoms. The Kier molecular flexibility index (Phi) is 5.57. The lowest BCUT2D eigenvalue weighted by molar-refractivity contribution is 0.0650. The van der Waals surface area contributed by atoms with Crippen LogP contribution in [0.25, 0.3) is 0 Å². The van der Waals surface area contributed by atoms with Gasteiger partial charge in [-0.1, -0.05) is 44.5 Å². The second kappa shape index (κ2) is 6.75. The van der Waals surface area contributed by atoms with Crippen molar-refractivity contribution in [2.24, 2.45) is 5.41 Å². The number of urea groups is 1. The molecule has 1 unspecified atom stereocenters. The number of rotatable bonds is 4. The smallest absolute Gasteiger partial charge is 0.315 e. The second-order valence-corrected chi connectivity index (χ2v) is 6.38. The normalized spacial score (nSPS) is 12.9. The molecule has 0 aliphatic heterocycles.